The van der Waals surface area contributed by atoms with Crippen molar-refractivity contribution in [3.05, 3.63) is 47.2 Å². The van der Waals surface area contributed by atoms with Gasteiger partial charge in [-0.2, -0.15) is 0 Å². The van der Waals surface area contributed by atoms with Crippen LogP contribution in [-0.4, -0.2) is 24.7 Å². The van der Waals surface area contributed by atoms with Crippen LogP contribution in [0.15, 0.2) is 34.9 Å². The third kappa shape index (κ3) is 3.08. The molecule has 1 N–H and O–H groups in total. The normalized spacial score (nSPS) is 18.7. The minimum Gasteiger partial charge on any atom is -0.338 e. The molecule has 0 saturated heterocycles. The van der Waals surface area contributed by atoms with Gasteiger partial charge in [0.25, 0.3) is 0 Å². The standard InChI is InChI=1S/C17H20N2O4S/c1-11-10-16(23-19-11)18-17(20)12(2)24(21,22)15-9-5-7-13-6-3-4-8-14(13)15/h3-4,6,8,10,12,15H,5,7,9H2,1-2H3,(H,18,20)/t12-,15-/m1/s1. The Morgan fingerprint density at radius 1 is 1.38 bits per heavy atom. The fraction of sp³-hybridized carbons (Fsp3) is 0.412. The summed E-state index contributed by atoms with van der Waals surface area (Å²) in [5, 5.41) is 4.35. The van der Waals surface area contributed by atoms with Crippen molar-refractivity contribution < 1.29 is 17.7 Å². The van der Waals surface area contributed by atoms with Crippen molar-refractivity contribution in [3.63, 3.8) is 0 Å². The predicted molar refractivity (Wildman–Crippen MR) is 90.4 cm³/mol. The van der Waals surface area contributed by atoms with Gasteiger partial charge in [-0.15, -0.1) is 0 Å². The Balaban J connectivity index is 1.84. The fourth-order valence-electron chi connectivity index (χ4n) is 3.09. The zero-order valence-corrected chi connectivity index (χ0v) is 14.5. The number of aryl methyl sites for hydroxylation is 2. The van der Waals surface area contributed by atoms with E-state index in [0.29, 0.717) is 12.1 Å². The topological polar surface area (TPSA) is 89.3 Å². The lowest BCUT2D eigenvalue weighted by molar-refractivity contribution is -0.115. The quantitative estimate of drug-likeness (QED) is 0.918. The van der Waals surface area contributed by atoms with Gasteiger partial charge in [-0.25, -0.2) is 8.42 Å². The average molecular weight is 348 g/mol. The van der Waals surface area contributed by atoms with Gasteiger partial charge in [-0.1, -0.05) is 29.4 Å². The van der Waals surface area contributed by atoms with Crippen molar-refractivity contribution >= 4 is 21.6 Å². The molecular weight excluding hydrogens is 328 g/mol. The summed E-state index contributed by atoms with van der Waals surface area (Å²) in [6.07, 6.45) is 2.22. The third-order valence-electron chi connectivity index (χ3n) is 4.45. The number of aromatic nitrogens is 1. The van der Waals surface area contributed by atoms with Gasteiger partial charge < -0.3 is 4.52 Å². The molecule has 1 aromatic heterocycles. The first kappa shape index (κ1) is 16.7. The summed E-state index contributed by atoms with van der Waals surface area (Å²) in [7, 11) is -3.66. The molecule has 2 aromatic rings. The number of carbonyl (C=O) groups excluding carboxylic acids is 1. The SMILES string of the molecule is Cc1cc(NC(=O)[C@@H](C)S(=O)(=O)[C@@H]2CCCc3ccccc32)on1. The number of anilines is 1. The molecule has 0 unspecified atom stereocenters. The second kappa shape index (κ2) is 6.39. The molecule has 0 aliphatic heterocycles. The summed E-state index contributed by atoms with van der Waals surface area (Å²) in [6.45, 7) is 3.14. The summed E-state index contributed by atoms with van der Waals surface area (Å²) < 4.78 is 30.9. The van der Waals surface area contributed by atoms with Gasteiger partial charge in [0.15, 0.2) is 9.84 Å². The predicted octanol–water partition coefficient (Wildman–Crippen LogP) is 2.80. The Labute approximate surface area is 141 Å². The van der Waals surface area contributed by atoms with E-state index < -0.39 is 26.2 Å². The highest BCUT2D eigenvalue weighted by Crippen LogP contribution is 2.37. The Hall–Kier alpha value is -2.15. The lowest BCUT2D eigenvalue weighted by Gasteiger charge is -2.27. The van der Waals surface area contributed by atoms with E-state index in [9.17, 15) is 13.2 Å². The highest BCUT2D eigenvalue weighted by atomic mass is 32.2. The molecule has 1 aliphatic rings. The van der Waals surface area contributed by atoms with Crippen LogP contribution in [0.5, 0.6) is 0 Å². The van der Waals surface area contributed by atoms with Crippen LogP contribution in [0.4, 0.5) is 5.88 Å². The first-order valence-corrected chi connectivity index (χ1v) is 9.55. The van der Waals surface area contributed by atoms with E-state index in [1.54, 1.807) is 13.0 Å². The fourth-order valence-corrected chi connectivity index (χ4v) is 5.02. The molecule has 2 atom stereocenters. The molecule has 1 heterocycles. The number of hydrogen-bond donors (Lipinski definition) is 1. The number of hydrogen-bond acceptors (Lipinski definition) is 5. The number of carbonyl (C=O) groups is 1. The minimum atomic E-state index is -3.66. The number of fused-ring (bicyclic) bond motifs is 1. The summed E-state index contributed by atoms with van der Waals surface area (Å²) in [6, 6.07) is 9.11. The Bertz CT molecular complexity index is 857. The first-order valence-electron chi connectivity index (χ1n) is 7.94. The van der Waals surface area contributed by atoms with Gasteiger partial charge in [0.1, 0.15) is 5.25 Å². The van der Waals surface area contributed by atoms with E-state index in [1.165, 1.54) is 6.92 Å². The molecule has 6 nitrogen and oxygen atoms in total. The zero-order chi connectivity index (χ0) is 17.3. The Morgan fingerprint density at radius 2 is 2.12 bits per heavy atom. The minimum absolute atomic E-state index is 0.156. The van der Waals surface area contributed by atoms with Crippen LogP contribution in [-0.2, 0) is 21.1 Å². The summed E-state index contributed by atoms with van der Waals surface area (Å²) in [5.74, 6) is -0.446. The maximum absolute atomic E-state index is 13.0. The van der Waals surface area contributed by atoms with Crippen molar-refractivity contribution in [1.29, 1.82) is 0 Å². The lowest BCUT2D eigenvalue weighted by Crippen LogP contribution is -2.36. The molecule has 3 rings (SSSR count). The molecule has 0 saturated carbocycles. The van der Waals surface area contributed by atoms with E-state index in [1.807, 2.05) is 24.3 Å². The molecule has 0 fully saturated rings. The van der Waals surface area contributed by atoms with Crippen molar-refractivity contribution in [2.24, 2.45) is 0 Å². The van der Waals surface area contributed by atoms with Gasteiger partial charge in [-0.05, 0) is 44.2 Å². The molecule has 0 spiro atoms. The molecule has 1 amide bonds. The van der Waals surface area contributed by atoms with Crippen molar-refractivity contribution in [1.82, 2.24) is 5.16 Å². The van der Waals surface area contributed by atoms with E-state index >= 15 is 0 Å². The highest BCUT2D eigenvalue weighted by Gasteiger charge is 2.38. The monoisotopic (exact) mass is 348 g/mol. The number of nitrogens with one attached hydrogen (secondary N) is 1. The molecule has 1 aromatic carbocycles. The zero-order valence-electron chi connectivity index (χ0n) is 13.7. The maximum atomic E-state index is 13.0. The van der Waals surface area contributed by atoms with Gasteiger partial charge >= 0.3 is 0 Å². The van der Waals surface area contributed by atoms with E-state index in [0.717, 1.165) is 24.0 Å². The number of amides is 1. The maximum Gasteiger partial charge on any atom is 0.244 e. The van der Waals surface area contributed by atoms with Gasteiger partial charge in [-0.3, -0.25) is 10.1 Å². The number of rotatable bonds is 4. The van der Waals surface area contributed by atoms with Crippen LogP contribution in [0.2, 0.25) is 0 Å². The molecule has 128 valence electrons. The molecular formula is C17H20N2O4S. The van der Waals surface area contributed by atoms with Gasteiger partial charge in [0.2, 0.25) is 11.8 Å². The molecule has 0 bridgehead atoms. The highest BCUT2D eigenvalue weighted by molar-refractivity contribution is 7.93. The first-order chi connectivity index (χ1) is 11.4. The number of benzene rings is 1. The lowest BCUT2D eigenvalue weighted by atomic mass is 9.91. The van der Waals surface area contributed by atoms with Crippen molar-refractivity contribution in [2.45, 2.75) is 43.6 Å². The van der Waals surface area contributed by atoms with Crippen molar-refractivity contribution in [3.8, 4) is 0 Å². The summed E-state index contributed by atoms with van der Waals surface area (Å²) in [5.41, 5.74) is 2.48. The Morgan fingerprint density at radius 3 is 2.83 bits per heavy atom. The number of sulfone groups is 1. The van der Waals surface area contributed by atoms with E-state index in [-0.39, 0.29) is 5.88 Å². The van der Waals surface area contributed by atoms with Gasteiger partial charge in [0.05, 0.1) is 10.9 Å². The summed E-state index contributed by atoms with van der Waals surface area (Å²) in [4.78, 5) is 12.3. The van der Waals surface area contributed by atoms with Crippen LogP contribution >= 0.6 is 0 Å². The second-order valence-electron chi connectivity index (χ2n) is 6.13. The van der Waals surface area contributed by atoms with Crippen LogP contribution in [0, 0.1) is 6.92 Å². The Kier molecular flexibility index (Phi) is 4.45. The smallest absolute Gasteiger partial charge is 0.244 e. The van der Waals surface area contributed by atoms with Crippen LogP contribution < -0.4 is 5.32 Å². The molecule has 0 radical (unpaired) electrons. The van der Waals surface area contributed by atoms with Gasteiger partial charge in [0, 0.05) is 6.07 Å². The van der Waals surface area contributed by atoms with Crippen LogP contribution in [0.3, 0.4) is 0 Å². The van der Waals surface area contributed by atoms with Crippen LogP contribution in [0.1, 0.15) is 41.8 Å². The largest absolute Gasteiger partial charge is 0.338 e. The van der Waals surface area contributed by atoms with Crippen molar-refractivity contribution in [2.75, 3.05) is 5.32 Å². The molecule has 1 aliphatic carbocycles. The van der Waals surface area contributed by atoms with E-state index in [4.69, 9.17) is 4.52 Å². The number of nitrogens with zero attached hydrogens (tertiary/aromatic N) is 1. The average Bonchev–Trinajstić information content (AvgIpc) is 2.98. The summed E-state index contributed by atoms with van der Waals surface area (Å²) >= 11 is 0. The molecule has 24 heavy (non-hydrogen) atoms. The second-order valence-corrected chi connectivity index (χ2v) is 8.59. The third-order valence-corrected chi connectivity index (χ3v) is 6.93. The van der Waals surface area contributed by atoms with Crippen LogP contribution in [0.25, 0.3) is 0 Å². The molecule has 7 heteroatoms. The van der Waals surface area contributed by atoms with E-state index in [2.05, 4.69) is 10.5 Å².